The SMILES string of the molecule is CC(C)(C)c1ccc(OCCCn2cc(/C=C3/C(=N)N4N=CSC4=NC3=O)c3ccccc32)cc1. The largest absolute Gasteiger partial charge is 0.494 e. The first-order valence-corrected chi connectivity index (χ1v) is 12.4. The Kier molecular flexibility index (Phi) is 6.06. The Bertz CT molecular complexity index is 1390. The van der Waals surface area contributed by atoms with Gasteiger partial charge >= 0.3 is 0 Å². The second-order valence-electron chi connectivity index (χ2n) is 9.53. The number of aliphatic imine (C=N–C) groups is 1. The molecule has 35 heavy (non-hydrogen) atoms. The minimum absolute atomic E-state index is 0.0453. The van der Waals surface area contributed by atoms with E-state index in [2.05, 4.69) is 53.6 Å². The van der Waals surface area contributed by atoms with Crippen LogP contribution >= 0.6 is 11.8 Å². The minimum Gasteiger partial charge on any atom is -0.494 e. The number of carbonyl (C=O) groups excluding carboxylic acids is 1. The van der Waals surface area contributed by atoms with Gasteiger partial charge in [-0.2, -0.15) is 15.1 Å². The molecule has 0 radical (unpaired) electrons. The number of aryl methyl sites for hydroxylation is 1. The van der Waals surface area contributed by atoms with Gasteiger partial charge in [-0.1, -0.05) is 51.1 Å². The monoisotopic (exact) mass is 485 g/mol. The number of fused-ring (bicyclic) bond motifs is 2. The van der Waals surface area contributed by atoms with Gasteiger partial charge < -0.3 is 9.30 Å². The molecule has 0 aliphatic carbocycles. The van der Waals surface area contributed by atoms with Gasteiger partial charge in [0.05, 0.1) is 17.7 Å². The zero-order valence-corrected chi connectivity index (χ0v) is 20.8. The number of hydrazone groups is 1. The molecular formula is C27H27N5O2S. The maximum absolute atomic E-state index is 12.6. The van der Waals surface area contributed by atoms with Gasteiger partial charge in [0.25, 0.3) is 5.91 Å². The van der Waals surface area contributed by atoms with Crippen LogP contribution in [-0.4, -0.2) is 38.6 Å². The van der Waals surface area contributed by atoms with Gasteiger partial charge in [0.2, 0.25) is 0 Å². The lowest BCUT2D eigenvalue weighted by Gasteiger charge is -2.20. The van der Waals surface area contributed by atoms with Crippen LogP contribution in [0, 0.1) is 5.41 Å². The van der Waals surface area contributed by atoms with Crippen LogP contribution in [0.15, 0.2) is 70.4 Å². The number of amides is 1. The molecular weight excluding hydrogens is 458 g/mol. The van der Waals surface area contributed by atoms with Crippen molar-refractivity contribution in [1.29, 1.82) is 5.41 Å². The average molecular weight is 486 g/mol. The molecule has 1 N–H and O–H groups in total. The maximum Gasteiger partial charge on any atom is 0.283 e. The molecule has 178 valence electrons. The number of amidine groups is 2. The summed E-state index contributed by atoms with van der Waals surface area (Å²) in [4.78, 5) is 16.7. The summed E-state index contributed by atoms with van der Waals surface area (Å²) in [7, 11) is 0. The fourth-order valence-electron chi connectivity index (χ4n) is 4.14. The Balaban J connectivity index is 1.31. The number of nitrogens with one attached hydrogen (secondary N) is 1. The summed E-state index contributed by atoms with van der Waals surface area (Å²) >= 11 is 1.24. The molecule has 2 aliphatic heterocycles. The number of para-hydroxylation sites is 1. The molecule has 2 aliphatic rings. The summed E-state index contributed by atoms with van der Waals surface area (Å²) in [6, 6.07) is 16.4. The van der Waals surface area contributed by atoms with E-state index in [9.17, 15) is 4.79 Å². The van der Waals surface area contributed by atoms with Crippen LogP contribution in [0.1, 0.15) is 38.3 Å². The molecule has 1 amide bonds. The topological polar surface area (TPSA) is 83.0 Å². The van der Waals surface area contributed by atoms with Crippen molar-refractivity contribution in [3.63, 3.8) is 0 Å². The normalized spacial score (nSPS) is 16.8. The molecule has 0 saturated heterocycles. The quantitative estimate of drug-likeness (QED) is 0.361. The smallest absolute Gasteiger partial charge is 0.283 e. The van der Waals surface area contributed by atoms with E-state index in [1.54, 1.807) is 11.6 Å². The molecule has 2 aromatic carbocycles. The Morgan fingerprint density at radius 2 is 1.89 bits per heavy atom. The predicted octanol–water partition coefficient (Wildman–Crippen LogP) is 5.66. The molecule has 5 rings (SSSR count). The summed E-state index contributed by atoms with van der Waals surface area (Å²) in [6.45, 7) is 7.97. The number of hydrogen-bond donors (Lipinski definition) is 1. The number of benzene rings is 2. The fourth-order valence-corrected chi connectivity index (χ4v) is 4.75. The summed E-state index contributed by atoms with van der Waals surface area (Å²) in [6.07, 6.45) is 4.60. The first kappa shape index (κ1) is 23.1. The molecule has 0 saturated carbocycles. The second-order valence-corrected chi connectivity index (χ2v) is 10.3. The van der Waals surface area contributed by atoms with E-state index in [0.29, 0.717) is 11.8 Å². The third kappa shape index (κ3) is 4.66. The van der Waals surface area contributed by atoms with Crippen molar-refractivity contribution >= 4 is 51.2 Å². The third-order valence-electron chi connectivity index (χ3n) is 6.05. The highest BCUT2D eigenvalue weighted by molar-refractivity contribution is 8.25. The summed E-state index contributed by atoms with van der Waals surface area (Å²) < 4.78 is 8.14. The van der Waals surface area contributed by atoms with Crippen LogP contribution in [0.25, 0.3) is 17.0 Å². The lowest BCUT2D eigenvalue weighted by molar-refractivity contribution is -0.114. The van der Waals surface area contributed by atoms with Crippen molar-refractivity contribution in [2.45, 2.75) is 39.2 Å². The van der Waals surface area contributed by atoms with Crippen molar-refractivity contribution in [2.24, 2.45) is 10.1 Å². The standard InChI is InChI=1S/C27H27N5O2S/c1-27(2,3)19-9-11-20(12-10-19)34-14-6-13-31-16-18(21-7-4-5-8-23(21)31)15-22-24(28)32-26(30-25(22)33)35-17-29-32/h4-5,7-12,15-17,28H,6,13-14H2,1-3H3/b22-15-,28-24?. The number of aromatic nitrogens is 1. The lowest BCUT2D eigenvalue weighted by atomic mass is 9.87. The third-order valence-corrected chi connectivity index (χ3v) is 6.72. The molecule has 0 spiro atoms. The van der Waals surface area contributed by atoms with Crippen molar-refractivity contribution in [1.82, 2.24) is 9.58 Å². The molecule has 0 atom stereocenters. The van der Waals surface area contributed by atoms with E-state index in [-0.39, 0.29) is 16.8 Å². The number of hydrogen-bond acceptors (Lipinski definition) is 5. The van der Waals surface area contributed by atoms with Crippen LogP contribution < -0.4 is 4.74 Å². The molecule has 1 aromatic heterocycles. The molecule has 3 heterocycles. The number of carbonyl (C=O) groups is 1. The van der Waals surface area contributed by atoms with Crippen LogP contribution in [-0.2, 0) is 16.8 Å². The fraction of sp³-hybridized carbons (Fsp3) is 0.259. The first-order valence-electron chi connectivity index (χ1n) is 11.6. The van der Waals surface area contributed by atoms with Gasteiger partial charge in [0.1, 0.15) is 5.75 Å². The van der Waals surface area contributed by atoms with Gasteiger partial charge in [-0.3, -0.25) is 10.2 Å². The molecule has 3 aromatic rings. The lowest BCUT2D eigenvalue weighted by Crippen LogP contribution is -2.35. The van der Waals surface area contributed by atoms with Crippen molar-refractivity contribution < 1.29 is 9.53 Å². The molecule has 0 unspecified atom stereocenters. The van der Waals surface area contributed by atoms with E-state index in [1.807, 2.05) is 36.5 Å². The van der Waals surface area contributed by atoms with Gasteiger partial charge in [-0.05, 0) is 53.4 Å². The molecule has 7 nitrogen and oxygen atoms in total. The predicted molar refractivity (Wildman–Crippen MR) is 143 cm³/mol. The highest BCUT2D eigenvalue weighted by Crippen LogP contribution is 2.29. The average Bonchev–Trinajstić information content (AvgIpc) is 3.44. The van der Waals surface area contributed by atoms with Gasteiger partial charge in [0, 0.05) is 29.2 Å². The number of rotatable bonds is 6. The summed E-state index contributed by atoms with van der Waals surface area (Å²) in [5, 5.41) is 15.4. The van der Waals surface area contributed by atoms with Crippen LogP contribution in [0.3, 0.4) is 0 Å². The van der Waals surface area contributed by atoms with Gasteiger partial charge in [-0.15, -0.1) is 0 Å². The molecule has 8 heteroatoms. The van der Waals surface area contributed by atoms with Crippen LogP contribution in [0.5, 0.6) is 5.75 Å². The Morgan fingerprint density at radius 3 is 2.66 bits per heavy atom. The minimum atomic E-state index is -0.415. The summed E-state index contributed by atoms with van der Waals surface area (Å²) in [5.74, 6) is 0.503. The first-order chi connectivity index (χ1) is 16.8. The summed E-state index contributed by atoms with van der Waals surface area (Å²) in [5.41, 5.74) is 5.17. The van der Waals surface area contributed by atoms with E-state index in [4.69, 9.17) is 10.1 Å². The van der Waals surface area contributed by atoms with Crippen molar-refractivity contribution in [3.8, 4) is 5.75 Å². The van der Waals surface area contributed by atoms with E-state index >= 15 is 0 Å². The van der Waals surface area contributed by atoms with E-state index < -0.39 is 5.91 Å². The van der Waals surface area contributed by atoms with Crippen LogP contribution in [0.4, 0.5) is 0 Å². The van der Waals surface area contributed by atoms with Crippen molar-refractivity contribution in [2.75, 3.05) is 6.61 Å². The molecule has 0 bridgehead atoms. The second kappa shape index (κ2) is 9.19. The highest BCUT2D eigenvalue weighted by Gasteiger charge is 2.32. The Hall–Kier alpha value is -3.65. The maximum atomic E-state index is 12.6. The number of ether oxygens (including phenoxy) is 1. The molecule has 0 fully saturated rings. The highest BCUT2D eigenvalue weighted by atomic mass is 32.2. The van der Waals surface area contributed by atoms with Gasteiger partial charge in [0.15, 0.2) is 11.0 Å². The zero-order valence-electron chi connectivity index (χ0n) is 20.0. The number of thioether (sulfide) groups is 1. The van der Waals surface area contributed by atoms with Gasteiger partial charge in [-0.25, -0.2) is 0 Å². The van der Waals surface area contributed by atoms with Crippen LogP contribution in [0.2, 0.25) is 0 Å². The zero-order chi connectivity index (χ0) is 24.6. The van der Waals surface area contributed by atoms with E-state index in [1.165, 1.54) is 22.3 Å². The Morgan fingerprint density at radius 1 is 1.11 bits per heavy atom. The van der Waals surface area contributed by atoms with E-state index in [0.717, 1.165) is 35.2 Å². The van der Waals surface area contributed by atoms with Crippen molar-refractivity contribution in [3.05, 3.63) is 71.4 Å². The number of nitrogens with zero attached hydrogens (tertiary/aromatic N) is 4. The Labute approximate surface area is 208 Å².